The first-order valence-corrected chi connectivity index (χ1v) is 9.90. The maximum atomic E-state index is 11.0. The average Bonchev–Trinajstić information content (AvgIpc) is 3.48. The molecule has 0 aromatic heterocycles. The van der Waals surface area contributed by atoms with Crippen LogP contribution < -0.4 is 0 Å². The van der Waals surface area contributed by atoms with Crippen LogP contribution in [0.3, 0.4) is 0 Å². The van der Waals surface area contributed by atoms with Crippen LogP contribution in [-0.4, -0.2) is 41.8 Å². The van der Waals surface area contributed by atoms with E-state index in [0.717, 1.165) is 50.1 Å². The van der Waals surface area contributed by atoms with E-state index in [9.17, 15) is 4.79 Å². The van der Waals surface area contributed by atoms with Gasteiger partial charge in [-0.15, -0.1) is 0 Å². The first-order valence-electron chi connectivity index (χ1n) is 9.90. The molecule has 0 radical (unpaired) electrons. The lowest BCUT2D eigenvalue weighted by atomic mass is 10.0. The molecule has 1 aliphatic heterocycles. The Balaban J connectivity index is 1.23. The fraction of sp³-hybridized carbons (Fsp3) is 0.435. The summed E-state index contributed by atoms with van der Waals surface area (Å²) in [5.74, 6) is 0.690. The van der Waals surface area contributed by atoms with Gasteiger partial charge in [0.1, 0.15) is 0 Å². The summed E-state index contributed by atoms with van der Waals surface area (Å²) < 4.78 is 6.00. The highest BCUT2D eigenvalue weighted by atomic mass is 16.5. The van der Waals surface area contributed by atoms with Gasteiger partial charge in [-0.3, -0.25) is 4.90 Å². The van der Waals surface area contributed by atoms with Crippen molar-refractivity contribution in [2.45, 2.75) is 37.8 Å². The van der Waals surface area contributed by atoms with Gasteiger partial charge in [0, 0.05) is 19.6 Å². The van der Waals surface area contributed by atoms with E-state index in [1.807, 2.05) is 12.1 Å². The number of hydrogen-bond donors (Lipinski definition) is 1. The van der Waals surface area contributed by atoms with Gasteiger partial charge in [0.15, 0.2) is 0 Å². The molecule has 1 N–H and O–H groups in total. The molecule has 27 heavy (non-hydrogen) atoms. The van der Waals surface area contributed by atoms with E-state index in [2.05, 4.69) is 35.2 Å². The molecule has 0 amide bonds. The molecule has 2 aromatic rings. The fourth-order valence-corrected chi connectivity index (χ4v) is 4.18. The van der Waals surface area contributed by atoms with Gasteiger partial charge >= 0.3 is 5.97 Å². The summed E-state index contributed by atoms with van der Waals surface area (Å²) >= 11 is 0. The third-order valence-corrected chi connectivity index (χ3v) is 5.84. The summed E-state index contributed by atoms with van der Waals surface area (Å²) in [6, 6.07) is 18.1. The van der Waals surface area contributed by atoms with Crippen LogP contribution >= 0.6 is 0 Å². The van der Waals surface area contributed by atoms with Gasteiger partial charge in [-0.25, -0.2) is 4.79 Å². The van der Waals surface area contributed by atoms with Gasteiger partial charge in [-0.05, 0) is 54.4 Å². The second-order valence-corrected chi connectivity index (χ2v) is 7.82. The second-order valence-electron chi connectivity index (χ2n) is 7.82. The SMILES string of the molecule is O=C(O)c1ccc(CN2CCOC(CC[C@@H]3C[C@H]3c3ccccc3)C2)cc1. The number of rotatable bonds is 7. The number of carboxylic acid groups (broad SMARTS) is 1. The van der Waals surface area contributed by atoms with Crippen molar-refractivity contribution in [3.63, 3.8) is 0 Å². The minimum atomic E-state index is -0.873. The van der Waals surface area contributed by atoms with Crippen LogP contribution in [-0.2, 0) is 11.3 Å². The van der Waals surface area contributed by atoms with Gasteiger partial charge in [0.25, 0.3) is 0 Å². The smallest absolute Gasteiger partial charge is 0.335 e. The van der Waals surface area contributed by atoms with E-state index in [1.165, 1.54) is 18.4 Å². The van der Waals surface area contributed by atoms with Gasteiger partial charge in [-0.2, -0.15) is 0 Å². The zero-order valence-electron chi connectivity index (χ0n) is 15.6. The molecule has 2 fully saturated rings. The maximum Gasteiger partial charge on any atom is 0.335 e. The monoisotopic (exact) mass is 365 g/mol. The van der Waals surface area contributed by atoms with Crippen molar-refractivity contribution in [3.05, 3.63) is 71.3 Å². The number of hydrogen-bond acceptors (Lipinski definition) is 3. The summed E-state index contributed by atoms with van der Waals surface area (Å²) in [5.41, 5.74) is 2.99. The molecule has 1 heterocycles. The third kappa shape index (κ3) is 4.76. The molecule has 1 aliphatic carbocycles. The lowest BCUT2D eigenvalue weighted by Gasteiger charge is -2.33. The lowest BCUT2D eigenvalue weighted by molar-refractivity contribution is -0.0362. The molecule has 4 heteroatoms. The number of aromatic carboxylic acids is 1. The predicted octanol–water partition coefficient (Wildman–Crippen LogP) is 4.17. The first kappa shape index (κ1) is 18.2. The summed E-state index contributed by atoms with van der Waals surface area (Å²) in [6.07, 6.45) is 4.00. The molecule has 4 nitrogen and oxygen atoms in total. The van der Waals surface area contributed by atoms with Crippen LogP contribution in [0.5, 0.6) is 0 Å². The molecular formula is C23H27NO3. The normalized spacial score (nSPS) is 25.3. The summed E-state index contributed by atoms with van der Waals surface area (Å²) in [4.78, 5) is 13.4. The molecular weight excluding hydrogens is 338 g/mol. The molecule has 3 atom stereocenters. The Morgan fingerprint density at radius 3 is 2.59 bits per heavy atom. The number of carbonyl (C=O) groups is 1. The van der Waals surface area contributed by atoms with E-state index in [1.54, 1.807) is 12.1 Å². The van der Waals surface area contributed by atoms with Gasteiger partial charge < -0.3 is 9.84 Å². The summed E-state index contributed by atoms with van der Waals surface area (Å²) in [7, 11) is 0. The van der Waals surface area contributed by atoms with Gasteiger partial charge in [0.05, 0.1) is 18.3 Å². The van der Waals surface area contributed by atoms with Crippen LogP contribution in [0.1, 0.15) is 46.7 Å². The maximum absolute atomic E-state index is 11.0. The Hall–Kier alpha value is -2.17. The minimum Gasteiger partial charge on any atom is -0.478 e. The van der Waals surface area contributed by atoms with Gasteiger partial charge in [-0.1, -0.05) is 42.5 Å². The van der Waals surface area contributed by atoms with Crippen molar-refractivity contribution in [1.29, 1.82) is 0 Å². The average molecular weight is 365 g/mol. The molecule has 1 unspecified atom stereocenters. The Bertz CT molecular complexity index is 759. The minimum absolute atomic E-state index is 0.314. The van der Waals surface area contributed by atoms with Crippen molar-refractivity contribution in [2.75, 3.05) is 19.7 Å². The first-order chi connectivity index (χ1) is 13.2. The topological polar surface area (TPSA) is 49.8 Å². The number of ether oxygens (including phenoxy) is 1. The fourth-order valence-electron chi connectivity index (χ4n) is 4.18. The van der Waals surface area contributed by atoms with Crippen LogP contribution in [0.2, 0.25) is 0 Å². The molecule has 1 saturated heterocycles. The number of nitrogens with zero attached hydrogens (tertiary/aromatic N) is 1. The Morgan fingerprint density at radius 2 is 1.85 bits per heavy atom. The number of carboxylic acids is 1. The van der Waals surface area contributed by atoms with E-state index in [0.29, 0.717) is 11.7 Å². The summed E-state index contributed by atoms with van der Waals surface area (Å²) in [6.45, 7) is 3.54. The van der Waals surface area contributed by atoms with Crippen LogP contribution in [0.4, 0.5) is 0 Å². The molecule has 0 spiro atoms. The van der Waals surface area contributed by atoms with Crippen LogP contribution in [0.25, 0.3) is 0 Å². The zero-order chi connectivity index (χ0) is 18.6. The molecule has 2 aromatic carbocycles. The molecule has 142 valence electrons. The van der Waals surface area contributed by atoms with Crippen molar-refractivity contribution in [3.8, 4) is 0 Å². The third-order valence-electron chi connectivity index (χ3n) is 5.84. The lowest BCUT2D eigenvalue weighted by Crippen LogP contribution is -2.41. The van der Waals surface area contributed by atoms with Crippen molar-refractivity contribution < 1.29 is 14.6 Å². The largest absolute Gasteiger partial charge is 0.478 e. The summed E-state index contributed by atoms with van der Waals surface area (Å²) in [5, 5.41) is 9.01. The standard InChI is InChI=1S/C23H27NO3/c25-23(26)19-8-6-17(7-9-19)15-24-12-13-27-21(16-24)11-10-20-14-22(20)18-4-2-1-3-5-18/h1-9,20-22H,10-16H2,(H,25,26)/t20-,21?,22+/m1/s1. The molecule has 0 bridgehead atoms. The Labute approximate surface area is 160 Å². The highest BCUT2D eigenvalue weighted by Crippen LogP contribution is 2.50. The highest BCUT2D eigenvalue weighted by Gasteiger charge is 2.38. The molecule has 4 rings (SSSR count). The molecule has 1 saturated carbocycles. The quantitative estimate of drug-likeness (QED) is 0.800. The highest BCUT2D eigenvalue weighted by molar-refractivity contribution is 5.87. The zero-order valence-corrected chi connectivity index (χ0v) is 15.6. The predicted molar refractivity (Wildman–Crippen MR) is 105 cm³/mol. The second kappa shape index (κ2) is 8.24. The Kier molecular flexibility index (Phi) is 5.55. The van der Waals surface area contributed by atoms with E-state index in [-0.39, 0.29) is 0 Å². The Morgan fingerprint density at radius 1 is 1.07 bits per heavy atom. The van der Waals surface area contributed by atoms with Crippen molar-refractivity contribution in [2.24, 2.45) is 5.92 Å². The molecule has 2 aliphatic rings. The number of morpholine rings is 1. The van der Waals surface area contributed by atoms with Crippen LogP contribution in [0, 0.1) is 5.92 Å². The van der Waals surface area contributed by atoms with E-state index in [4.69, 9.17) is 9.84 Å². The van der Waals surface area contributed by atoms with E-state index >= 15 is 0 Å². The van der Waals surface area contributed by atoms with Crippen LogP contribution in [0.15, 0.2) is 54.6 Å². The van der Waals surface area contributed by atoms with Crippen molar-refractivity contribution in [1.82, 2.24) is 4.90 Å². The van der Waals surface area contributed by atoms with Gasteiger partial charge in [0.2, 0.25) is 0 Å². The number of benzene rings is 2. The van der Waals surface area contributed by atoms with Crippen molar-refractivity contribution >= 4 is 5.97 Å². The van der Waals surface area contributed by atoms with E-state index < -0.39 is 5.97 Å².